The van der Waals surface area contributed by atoms with E-state index >= 15 is 0 Å². The topological polar surface area (TPSA) is 76.1 Å². The standard InChI is InChI=1S/C21H34NO5PSi/c1-9-26-28(25,27-10-2)22(20(23)24)16-17-11-12-18(13-14-29(6,7)8)19(15-17)21(3,4)5/h11-12,15H,9-10,16H2,1-8H3,(H,23,24). The minimum Gasteiger partial charge on any atom is -0.465 e. The second kappa shape index (κ2) is 9.95. The molecule has 0 aliphatic carbocycles. The number of carbonyl (C=O) groups is 1. The van der Waals surface area contributed by atoms with Crippen molar-refractivity contribution in [2.45, 2.75) is 66.2 Å². The maximum Gasteiger partial charge on any atom is 0.440 e. The molecule has 0 atom stereocenters. The number of amides is 1. The molecule has 0 saturated heterocycles. The van der Waals surface area contributed by atoms with Gasteiger partial charge in [0.15, 0.2) is 0 Å². The Kier molecular flexibility index (Phi) is 8.73. The number of carboxylic acid groups (broad SMARTS) is 1. The van der Waals surface area contributed by atoms with Gasteiger partial charge in [-0.1, -0.05) is 58.5 Å². The van der Waals surface area contributed by atoms with E-state index < -0.39 is 21.9 Å². The summed E-state index contributed by atoms with van der Waals surface area (Å²) in [4.78, 5) is 11.8. The molecule has 0 aromatic heterocycles. The number of nitrogens with zero attached hydrogens (tertiary/aromatic N) is 1. The monoisotopic (exact) mass is 439 g/mol. The molecule has 0 saturated carbocycles. The summed E-state index contributed by atoms with van der Waals surface area (Å²) in [6.45, 7) is 16.2. The smallest absolute Gasteiger partial charge is 0.440 e. The zero-order chi connectivity index (χ0) is 22.5. The van der Waals surface area contributed by atoms with Gasteiger partial charge in [-0.2, -0.15) is 0 Å². The summed E-state index contributed by atoms with van der Waals surface area (Å²) >= 11 is 0. The highest BCUT2D eigenvalue weighted by Gasteiger charge is 2.37. The van der Waals surface area contributed by atoms with Crippen molar-refractivity contribution < 1.29 is 23.5 Å². The molecule has 0 heterocycles. The molecule has 1 amide bonds. The third-order valence-electron chi connectivity index (χ3n) is 3.90. The van der Waals surface area contributed by atoms with Crippen molar-refractivity contribution in [1.29, 1.82) is 0 Å². The van der Waals surface area contributed by atoms with Gasteiger partial charge in [0, 0.05) is 5.56 Å². The maximum atomic E-state index is 13.0. The van der Waals surface area contributed by atoms with Crippen LogP contribution >= 0.6 is 7.75 Å². The second-order valence-electron chi connectivity index (χ2n) is 8.77. The zero-order valence-corrected chi connectivity index (χ0v) is 20.7. The lowest BCUT2D eigenvalue weighted by molar-refractivity contribution is 0.135. The SMILES string of the molecule is CCOP(=O)(OCC)N(Cc1ccc(C#C[Si](C)(C)C)c(C(C)(C)C)c1)C(=O)O. The number of hydrogen-bond acceptors (Lipinski definition) is 4. The summed E-state index contributed by atoms with van der Waals surface area (Å²) in [5.74, 6) is 3.31. The van der Waals surface area contributed by atoms with Crippen LogP contribution in [0.2, 0.25) is 19.6 Å². The fourth-order valence-corrected chi connectivity index (χ4v) is 4.67. The highest BCUT2D eigenvalue weighted by Crippen LogP contribution is 2.52. The van der Waals surface area contributed by atoms with Crippen molar-refractivity contribution in [2.75, 3.05) is 13.2 Å². The highest BCUT2D eigenvalue weighted by atomic mass is 31.2. The molecule has 1 aromatic rings. The molecule has 1 aromatic carbocycles. The first-order chi connectivity index (χ1) is 13.2. The van der Waals surface area contributed by atoms with Crippen LogP contribution in [0.15, 0.2) is 18.2 Å². The van der Waals surface area contributed by atoms with Crippen molar-refractivity contribution in [3.63, 3.8) is 0 Å². The van der Waals surface area contributed by atoms with Crippen LogP contribution in [0.4, 0.5) is 4.79 Å². The van der Waals surface area contributed by atoms with E-state index in [-0.39, 0.29) is 25.2 Å². The normalized spacial score (nSPS) is 12.3. The van der Waals surface area contributed by atoms with Gasteiger partial charge in [-0.05, 0) is 36.5 Å². The molecule has 0 aliphatic heterocycles. The van der Waals surface area contributed by atoms with E-state index in [0.29, 0.717) is 5.56 Å². The van der Waals surface area contributed by atoms with Crippen LogP contribution in [-0.2, 0) is 25.6 Å². The second-order valence-corrected chi connectivity index (χ2v) is 15.5. The van der Waals surface area contributed by atoms with Crippen LogP contribution in [0.3, 0.4) is 0 Å². The number of hydrogen-bond donors (Lipinski definition) is 1. The number of benzene rings is 1. The van der Waals surface area contributed by atoms with Crippen LogP contribution < -0.4 is 0 Å². The van der Waals surface area contributed by atoms with Crippen molar-refractivity contribution >= 4 is 21.9 Å². The molecule has 0 radical (unpaired) electrons. The molecule has 6 nitrogen and oxygen atoms in total. The molecule has 29 heavy (non-hydrogen) atoms. The van der Waals surface area contributed by atoms with Crippen molar-refractivity contribution in [2.24, 2.45) is 0 Å². The summed E-state index contributed by atoms with van der Waals surface area (Å²) in [5.41, 5.74) is 5.86. The fourth-order valence-electron chi connectivity index (χ4n) is 2.61. The van der Waals surface area contributed by atoms with Crippen LogP contribution in [0.1, 0.15) is 51.3 Å². The zero-order valence-electron chi connectivity index (χ0n) is 18.8. The summed E-state index contributed by atoms with van der Waals surface area (Å²) in [6, 6.07) is 5.67. The quantitative estimate of drug-likeness (QED) is 0.326. The third kappa shape index (κ3) is 7.64. The van der Waals surface area contributed by atoms with Crippen LogP contribution in [0.25, 0.3) is 0 Å². The van der Waals surface area contributed by atoms with E-state index in [1.54, 1.807) is 13.8 Å². The molecular weight excluding hydrogens is 405 g/mol. The first-order valence-electron chi connectivity index (χ1n) is 9.80. The maximum absolute atomic E-state index is 13.0. The lowest BCUT2D eigenvalue weighted by Crippen LogP contribution is -2.28. The van der Waals surface area contributed by atoms with Crippen molar-refractivity contribution in [3.8, 4) is 11.5 Å². The minimum atomic E-state index is -3.94. The summed E-state index contributed by atoms with van der Waals surface area (Å²) in [7, 11) is -5.48. The van der Waals surface area contributed by atoms with Gasteiger partial charge >= 0.3 is 13.8 Å². The Hall–Kier alpha value is -1.58. The highest BCUT2D eigenvalue weighted by molar-refractivity contribution is 7.52. The molecule has 1 rings (SSSR count). The Labute approximate surface area is 176 Å². The lowest BCUT2D eigenvalue weighted by Gasteiger charge is -2.28. The summed E-state index contributed by atoms with van der Waals surface area (Å²) in [6.07, 6.45) is -1.35. The Balaban J connectivity index is 3.41. The van der Waals surface area contributed by atoms with Gasteiger partial charge in [-0.3, -0.25) is 9.05 Å². The molecule has 0 bridgehead atoms. The van der Waals surface area contributed by atoms with Crippen LogP contribution in [-0.4, -0.2) is 37.2 Å². The first-order valence-corrected chi connectivity index (χ1v) is 14.8. The fraction of sp³-hybridized carbons (Fsp3) is 0.571. The Morgan fingerprint density at radius 2 is 1.72 bits per heavy atom. The van der Waals surface area contributed by atoms with Gasteiger partial charge in [-0.15, -0.1) is 5.54 Å². The molecule has 0 aliphatic rings. The van der Waals surface area contributed by atoms with Gasteiger partial charge in [0.2, 0.25) is 0 Å². The molecule has 8 heteroatoms. The van der Waals surface area contributed by atoms with Gasteiger partial charge in [0.1, 0.15) is 8.07 Å². The average molecular weight is 440 g/mol. The summed E-state index contributed by atoms with van der Waals surface area (Å²) < 4.78 is 24.2. The van der Waals surface area contributed by atoms with Crippen molar-refractivity contribution in [1.82, 2.24) is 4.67 Å². The average Bonchev–Trinajstić information content (AvgIpc) is 2.56. The number of rotatable bonds is 7. The van der Waals surface area contributed by atoms with E-state index in [2.05, 4.69) is 51.9 Å². The third-order valence-corrected chi connectivity index (χ3v) is 6.85. The van der Waals surface area contributed by atoms with Gasteiger partial charge < -0.3 is 5.11 Å². The van der Waals surface area contributed by atoms with Gasteiger partial charge in [0.25, 0.3) is 0 Å². The van der Waals surface area contributed by atoms with Crippen LogP contribution in [0.5, 0.6) is 0 Å². The van der Waals surface area contributed by atoms with E-state index in [1.807, 2.05) is 18.2 Å². The van der Waals surface area contributed by atoms with E-state index in [1.165, 1.54) is 0 Å². The molecule has 1 N–H and O–H groups in total. The van der Waals surface area contributed by atoms with Crippen molar-refractivity contribution in [3.05, 3.63) is 34.9 Å². The molecule has 162 valence electrons. The Morgan fingerprint density at radius 3 is 2.14 bits per heavy atom. The van der Waals surface area contributed by atoms with E-state index in [4.69, 9.17) is 9.05 Å². The first kappa shape index (κ1) is 25.5. The predicted octanol–water partition coefficient (Wildman–Crippen LogP) is 5.87. The Bertz CT molecular complexity index is 820. The molecule has 0 fully saturated rings. The minimum absolute atomic E-state index is 0.0829. The summed E-state index contributed by atoms with van der Waals surface area (Å²) in [5, 5.41) is 9.66. The van der Waals surface area contributed by atoms with Gasteiger partial charge in [0.05, 0.1) is 19.8 Å². The van der Waals surface area contributed by atoms with Gasteiger partial charge in [-0.25, -0.2) is 14.0 Å². The molecular formula is C21H34NO5PSi. The molecule has 0 spiro atoms. The lowest BCUT2D eigenvalue weighted by atomic mass is 9.83. The van der Waals surface area contributed by atoms with E-state index in [0.717, 1.165) is 15.8 Å². The largest absolute Gasteiger partial charge is 0.465 e. The van der Waals surface area contributed by atoms with E-state index in [9.17, 15) is 14.5 Å². The van der Waals surface area contributed by atoms with Crippen LogP contribution in [0, 0.1) is 11.5 Å². The predicted molar refractivity (Wildman–Crippen MR) is 120 cm³/mol. The Morgan fingerprint density at radius 1 is 1.17 bits per heavy atom. The molecule has 0 unspecified atom stereocenters.